The number of ether oxygens (including phenoxy) is 1. The molecule has 0 aliphatic carbocycles. The van der Waals surface area contributed by atoms with Gasteiger partial charge in [0.1, 0.15) is 0 Å². The van der Waals surface area contributed by atoms with E-state index in [0.717, 1.165) is 0 Å². The van der Waals surface area contributed by atoms with Gasteiger partial charge in [-0.3, -0.25) is 4.74 Å². The number of rotatable bonds is 2. The predicted octanol–water partition coefficient (Wildman–Crippen LogP) is 3.76. The van der Waals surface area contributed by atoms with Crippen molar-refractivity contribution in [3.8, 4) is 0 Å². The van der Waals surface area contributed by atoms with Crippen LogP contribution in [0.1, 0.15) is 0 Å². The fourth-order valence-corrected chi connectivity index (χ4v) is 0.532. The van der Waals surface area contributed by atoms with Gasteiger partial charge < -0.3 is 0 Å². The van der Waals surface area contributed by atoms with Crippen molar-refractivity contribution in [1.82, 2.24) is 0 Å². The van der Waals surface area contributed by atoms with Crippen LogP contribution in [0.15, 0.2) is 0 Å². The molecule has 1 nitrogen and oxygen atoms in total. The summed E-state index contributed by atoms with van der Waals surface area (Å²) in [6.45, 7) is 0. The molecule has 0 fully saturated rings. The maximum Gasteiger partial charge on any atom is 0.438 e. The van der Waals surface area contributed by atoms with Crippen LogP contribution in [-0.4, -0.2) is 15.5 Å². The lowest BCUT2D eigenvalue weighted by Gasteiger charge is -2.24. The summed E-state index contributed by atoms with van der Waals surface area (Å²) in [7, 11) is 0. The standard InChI is InChI=1S/C3Cl4F4O/c4-1(8,9)2(10,11)12-3(5,6)7. The average molecular weight is 270 g/mol. The highest BCUT2D eigenvalue weighted by Crippen LogP contribution is 2.44. The van der Waals surface area contributed by atoms with Gasteiger partial charge in [0.2, 0.25) is 0 Å². The second-order valence-corrected chi connectivity index (χ2v) is 4.21. The fourth-order valence-electron chi connectivity index (χ4n) is 0.203. The van der Waals surface area contributed by atoms with Crippen molar-refractivity contribution in [1.29, 1.82) is 0 Å². The Bertz CT molecular complexity index is 161. The first-order valence-corrected chi connectivity index (χ1v) is 3.68. The summed E-state index contributed by atoms with van der Waals surface area (Å²) in [5.74, 6) is 0. The van der Waals surface area contributed by atoms with E-state index in [1.165, 1.54) is 0 Å². The lowest BCUT2D eigenvalue weighted by Crippen LogP contribution is -2.41. The van der Waals surface area contributed by atoms with Crippen LogP contribution in [0.2, 0.25) is 0 Å². The second-order valence-electron chi connectivity index (χ2n) is 1.56. The Balaban J connectivity index is 4.44. The highest BCUT2D eigenvalue weighted by Gasteiger charge is 2.60. The molecule has 0 amide bonds. The lowest BCUT2D eigenvalue weighted by atomic mass is 10.6. The molecule has 0 radical (unpaired) electrons. The largest absolute Gasteiger partial charge is 0.438 e. The molecule has 0 aromatic carbocycles. The SMILES string of the molecule is FC(F)(Cl)C(F)(F)OC(Cl)(Cl)Cl. The summed E-state index contributed by atoms with van der Waals surface area (Å²) < 4.78 is 47.7. The number of halogens is 8. The Hall–Kier alpha value is 0.840. The molecular formula is C3Cl4F4O. The topological polar surface area (TPSA) is 9.23 Å². The van der Waals surface area contributed by atoms with Gasteiger partial charge in [-0.05, 0) is 11.6 Å². The molecule has 0 N–H and O–H groups in total. The van der Waals surface area contributed by atoms with Crippen molar-refractivity contribution in [2.75, 3.05) is 0 Å². The third-order valence-electron chi connectivity index (χ3n) is 0.574. The Morgan fingerprint density at radius 1 is 0.833 bits per heavy atom. The summed E-state index contributed by atoms with van der Waals surface area (Å²) in [6.07, 6.45) is -5.04. The predicted molar refractivity (Wildman–Crippen MR) is 37.1 cm³/mol. The molecule has 0 aromatic heterocycles. The summed E-state index contributed by atoms with van der Waals surface area (Å²) in [5.41, 5.74) is 0. The van der Waals surface area contributed by atoms with Gasteiger partial charge in [0.25, 0.3) is 0 Å². The monoisotopic (exact) mass is 268 g/mol. The van der Waals surface area contributed by atoms with Gasteiger partial charge in [-0.15, -0.1) is 0 Å². The van der Waals surface area contributed by atoms with Crippen molar-refractivity contribution < 1.29 is 22.3 Å². The van der Waals surface area contributed by atoms with E-state index in [0.29, 0.717) is 0 Å². The molecule has 74 valence electrons. The first-order valence-electron chi connectivity index (χ1n) is 2.17. The first-order chi connectivity index (χ1) is 4.96. The summed E-state index contributed by atoms with van der Waals surface area (Å²) >= 11 is 17.9. The molecule has 0 aliphatic rings. The van der Waals surface area contributed by atoms with Gasteiger partial charge >= 0.3 is 15.5 Å². The highest BCUT2D eigenvalue weighted by molar-refractivity contribution is 6.66. The van der Waals surface area contributed by atoms with Crippen molar-refractivity contribution in [2.45, 2.75) is 15.5 Å². The molecule has 0 atom stereocenters. The smallest absolute Gasteiger partial charge is 0.264 e. The molecule has 0 bridgehead atoms. The van der Waals surface area contributed by atoms with Crippen molar-refractivity contribution >= 4 is 46.4 Å². The summed E-state index contributed by atoms with van der Waals surface area (Å²) in [4.78, 5) is 0. The molecule has 0 saturated heterocycles. The summed E-state index contributed by atoms with van der Waals surface area (Å²) in [5, 5.41) is -4.93. The van der Waals surface area contributed by atoms with Gasteiger partial charge in [0.05, 0.1) is 0 Å². The molecular weight excluding hydrogens is 270 g/mol. The molecule has 0 aliphatic heterocycles. The first kappa shape index (κ1) is 12.8. The third kappa shape index (κ3) is 4.18. The van der Waals surface area contributed by atoms with Crippen molar-refractivity contribution in [3.05, 3.63) is 0 Å². The minimum Gasteiger partial charge on any atom is -0.264 e. The van der Waals surface area contributed by atoms with E-state index in [-0.39, 0.29) is 0 Å². The third-order valence-corrected chi connectivity index (χ3v) is 1.03. The fraction of sp³-hybridized carbons (Fsp3) is 1.00. The Morgan fingerprint density at radius 3 is 1.25 bits per heavy atom. The highest BCUT2D eigenvalue weighted by atomic mass is 35.6. The minimum absolute atomic E-state index is 2.96. The number of hydrogen-bond donors (Lipinski definition) is 0. The van der Waals surface area contributed by atoms with Crippen LogP contribution >= 0.6 is 46.4 Å². The molecule has 0 saturated carbocycles. The molecule has 9 heteroatoms. The van der Waals surface area contributed by atoms with Crippen LogP contribution in [0.3, 0.4) is 0 Å². The van der Waals surface area contributed by atoms with Gasteiger partial charge in [-0.25, -0.2) is 0 Å². The zero-order valence-electron chi connectivity index (χ0n) is 4.93. The average Bonchev–Trinajstić information content (AvgIpc) is 1.52. The van der Waals surface area contributed by atoms with Crippen LogP contribution in [0, 0.1) is 0 Å². The van der Waals surface area contributed by atoms with Crippen molar-refractivity contribution in [2.24, 2.45) is 0 Å². The molecule has 12 heavy (non-hydrogen) atoms. The lowest BCUT2D eigenvalue weighted by molar-refractivity contribution is -0.320. The maximum atomic E-state index is 12.1. The normalized spacial score (nSPS) is 15.0. The van der Waals surface area contributed by atoms with Crippen LogP contribution in [0.5, 0.6) is 0 Å². The minimum atomic E-state index is -5.04. The van der Waals surface area contributed by atoms with E-state index in [9.17, 15) is 17.6 Å². The van der Waals surface area contributed by atoms with E-state index < -0.39 is 15.5 Å². The number of hydrogen-bond acceptors (Lipinski definition) is 1. The van der Waals surface area contributed by atoms with E-state index >= 15 is 0 Å². The molecule has 0 spiro atoms. The zero-order valence-corrected chi connectivity index (χ0v) is 7.96. The Kier molecular flexibility index (Phi) is 3.78. The zero-order chi connectivity index (χ0) is 10.2. The van der Waals surface area contributed by atoms with Crippen molar-refractivity contribution in [3.63, 3.8) is 0 Å². The second kappa shape index (κ2) is 3.53. The quantitative estimate of drug-likeness (QED) is 0.548. The van der Waals surface area contributed by atoms with Gasteiger partial charge in [0, 0.05) is 0 Å². The van der Waals surface area contributed by atoms with E-state index in [1.807, 2.05) is 0 Å². The van der Waals surface area contributed by atoms with Crippen LogP contribution < -0.4 is 0 Å². The van der Waals surface area contributed by atoms with E-state index in [2.05, 4.69) is 51.1 Å². The summed E-state index contributed by atoms with van der Waals surface area (Å²) in [6, 6.07) is 0. The van der Waals surface area contributed by atoms with E-state index in [4.69, 9.17) is 0 Å². The van der Waals surface area contributed by atoms with Crippen LogP contribution in [0.4, 0.5) is 17.6 Å². The maximum absolute atomic E-state index is 12.1. The van der Waals surface area contributed by atoms with Gasteiger partial charge in [0.15, 0.2) is 0 Å². The van der Waals surface area contributed by atoms with Crippen LogP contribution in [-0.2, 0) is 4.74 Å². The van der Waals surface area contributed by atoms with Gasteiger partial charge in [-0.2, -0.15) is 17.6 Å². The number of alkyl halides is 8. The molecule has 0 aromatic rings. The Labute approximate surface area is 84.5 Å². The molecule has 0 heterocycles. The van der Waals surface area contributed by atoms with Gasteiger partial charge in [-0.1, -0.05) is 34.8 Å². The molecule has 0 rings (SSSR count). The van der Waals surface area contributed by atoms with E-state index in [1.54, 1.807) is 0 Å². The molecule has 0 unspecified atom stereocenters. The Morgan fingerprint density at radius 2 is 1.17 bits per heavy atom. The van der Waals surface area contributed by atoms with Crippen LogP contribution in [0.25, 0.3) is 0 Å².